The molecule has 0 unspecified atom stereocenters. The van der Waals surface area contributed by atoms with E-state index in [9.17, 15) is 4.79 Å². The van der Waals surface area contributed by atoms with Crippen LogP contribution in [0.25, 0.3) is 0 Å². The maximum Gasteiger partial charge on any atom is 0.303 e. The van der Waals surface area contributed by atoms with Gasteiger partial charge in [0.25, 0.3) is 0 Å². The monoisotopic (exact) mass is 366 g/mol. The number of hydrogen-bond donors (Lipinski definition) is 1. The van der Waals surface area contributed by atoms with Gasteiger partial charge in [0.15, 0.2) is 0 Å². The first-order chi connectivity index (χ1) is 12.4. The van der Waals surface area contributed by atoms with E-state index in [1.165, 1.54) is 38.5 Å². The second-order valence-corrected chi connectivity index (χ2v) is 8.90. The molecule has 4 atom stereocenters. The lowest BCUT2D eigenvalue weighted by Gasteiger charge is -2.27. The molecule has 0 aromatic rings. The van der Waals surface area contributed by atoms with Crippen LogP contribution in [0, 0.1) is 17.3 Å². The summed E-state index contributed by atoms with van der Waals surface area (Å²) in [6, 6.07) is 0. The van der Waals surface area contributed by atoms with Gasteiger partial charge in [-0.25, -0.2) is 0 Å². The largest absolute Gasteiger partial charge is 0.481 e. The van der Waals surface area contributed by atoms with Gasteiger partial charge in [-0.05, 0) is 43.4 Å². The minimum Gasteiger partial charge on any atom is -0.481 e. The Labute approximate surface area is 159 Å². The normalized spacial score (nSPS) is 28.3. The lowest BCUT2D eigenvalue weighted by atomic mass is 9.77. The minimum atomic E-state index is -0.721. The van der Waals surface area contributed by atoms with Gasteiger partial charge in [-0.15, -0.1) is 0 Å². The fourth-order valence-electron chi connectivity index (χ4n) is 4.42. The fourth-order valence-corrected chi connectivity index (χ4v) is 4.42. The number of ether oxygens (including phenoxy) is 2. The minimum absolute atomic E-state index is 0.186. The van der Waals surface area contributed by atoms with Gasteiger partial charge in [0.1, 0.15) is 0 Å². The van der Waals surface area contributed by atoms with Crippen molar-refractivity contribution in [1.29, 1.82) is 0 Å². The van der Waals surface area contributed by atoms with Crippen molar-refractivity contribution in [2.75, 3.05) is 13.2 Å². The van der Waals surface area contributed by atoms with Crippen molar-refractivity contribution in [3.05, 3.63) is 12.2 Å². The van der Waals surface area contributed by atoms with Gasteiger partial charge in [-0.3, -0.25) is 4.79 Å². The second kappa shape index (κ2) is 10.5. The molecule has 0 saturated carbocycles. The van der Waals surface area contributed by atoms with Gasteiger partial charge >= 0.3 is 5.97 Å². The summed E-state index contributed by atoms with van der Waals surface area (Å²) in [6.45, 7) is 7.97. The lowest BCUT2D eigenvalue weighted by molar-refractivity contribution is -0.139. The van der Waals surface area contributed by atoms with Crippen LogP contribution in [0.4, 0.5) is 0 Å². The van der Waals surface area contributed by atoms with Crippen LogP contribution in [-0.2, 0) is 14.3 Å². The van der Waals surface area contributed by atoms with Crippen molar-refractivity contribution in [2.45, 2.75) is 90.8 Å². The predicted molar refractivity (Wildman–Crippen MR) is 104 cm³/mol. The number of fused-ring (bicyclic) bond motifs is 2. The summed E-state index contributed by atoms with van der Waals surface area (Å²) in [5, 5.41) is 8.98. The van der Waals surface area contributed by atoms with Gasteiger partial charge in [-0.2, -0.15) is 0 Å². The maximum atomic E-state index is 10.9. The molecular weight excluding hydrogens is 328 g/mol. The summed E-state index contributed by atoms with van der Waals surface area (Å²) in [6.07, 6.45) is 14.6. The highest BCUT2D eigenvalue weighted by Gasteiger charge is 2.48. The topological polar surface area (TPSA) is 55.8 Å². The molecule has 2 fully saturated rings. The molecule has 1 N–H and O–H groups in total. The SMILES string of the molecule is CCCCCCOC[C@@H]1[C@H](CC=CCC(C)(C)CC(=O)O)[C@@H]2CC[C@H]1O2. The van der Waals surface area contributed by atoms with Crippen LogP contribution < -0.4 is 0 Å². The first-order valence-corrected chi connectivity index (χ1v) is 10.5. The van der Waals surface area contributed by atoms with E-state index in [-0.39, 0.29) is 11.8 Å². The number of allylic oxidation sites excluding steroid dienone is 2. The molecule has 2 aliphatic rings. The zero-order valence-corrected chi connectivity index (χ0v) is 16.9. The third-order valence-electron chi connectivity index (χ3n) is 5.92. The van der Waals surface area contributed by atoms with Crippen LogP contribution in [0.5, 0.6) is 0 Å². The van der Waals surface area contributed by atoms with Crippen LogP contribution in [0.2, 0.25) is 0 Å². The van der Waals surface area contributed by atoms with Gasteiger partial charge in [0, 0.05) is 12.5 Å². The molecule has 0 radical (unpaired) electrons. The van der Waals surface area contributed by atoms with E-state index in [1.54, 1.807) is 0 Å². The number of carbonyl (C=O) groups is 1. The standard InChI is InChI=1S/C22H38O4/c1-4-5-6-9-14-25-16-18-17(19-11-12-20(18)26-19)10-7-8-13-22(2,3)15-21(23)24/h7-8,17-20H,4-6,9-16H2,1-3H3,(H,23,24)/t17-,18+,19-,20+/m0/s1. The molecule has 2 heterocycles. The third-order valence-corrected chi connectivity index (χ3v) is 5.92. The molecule has 4 nitrogen and oxygen atoms in total. The number of carboxylic acids is 1. The van der Waals surface area contributed by atoms with E-state index in [0.29, 0.717) is 24.0 Å². The summed E-state index contributed by atoms with van der Waals surface area (Å²) in [5.41, 5.74) is -0.186. The molecule has 2 rings (SSSR count). The molecule has 2 aliphatic heterocycles. The first-order valence-electron chi connectivity index (χ1n) is 10.5. The van der Waals surface area contributed by atoms with E-state index in [0.717, 1.165) is 26.1 Å². The molecule has 2 saturated heterocycles. The van der Waals surface area contributed by atoms with Crippen molar-refractivity contribution < 1.29 is 19.4 Å². The van der Waals surface area contributed by atoms with Gasteiger partial charge in [0.05, 0.1) is 25.2 Å². The van der Waals surface area contributed by atoms with Crippen LogP contribution in [0.1, 0.15) is 78.6 Å². The molecule has 4 heteroatoms. The summed E-state index contributed by atoms with van der Waals surface area (Å²) < 4.78 is 12.1. The Bertz CT molecular complexity index is 457. The molecule has 2 bridgehead atoms. The average molecular weight is 367 g/mol. The molecule has 0 spiro atoms. The number of hydrogen-bond acceptors (Lipinski definition) is 3. The number of aliphatic carboxylic acids is 1. The quantitative estimate of drug-likeness (QED) is 0.359. The second-order valence-electron chi connectivity index (χ2n) is 8.90. The van der Waals surface area contributed by atoms with Crippen LogP contribution in [0.15, 0.2) is 12.2 Å². The highest BCUT2D eigenvalue weighted by atomic mass is 16.5. The Morgan fingerprint density at radius 2 is 1.88 bits per heavy atom. The van der Waals surface area contributed by atoms with Gasteiger partial charge in [0.2, 0.25) is 0 Å². The molecule has 26 heavy (non-hydrogen) atoms. The Balaban J connectivity index is 1.73. The van der Waals surface area contributed by atoms with Crippen molar-refractivity contribution in [2.24, 2.45) is 17.3 Å². The number of unbranched alkanes of at least 4 members (excludes halogenated alkanes) is 3. The zero-order valence-electron chi connectivity index (χ0n) is 16.9. The number of rotatable bonds is 13. The van der Waals surface area contributed by atoms with Crippen molar-refractivity contribution in [3.8, 4) is 0 Å². The Hall–Kier alpha value is -0.870. The van der Waals surface area contributed by atoms with E-state index in [1.807, 2.05) is 13.8 Å². The van der Waals surface area contributed by atoms with E-state index in [4.69, 9.17) is 14.6 Å². The smallest absolute Gasteiger partial charge is 0.303 e. The van der Waals surface area contributed by atoms with Crippen molar-refractivity contribution >= 4 is 5.97 Å². The van der Waals surface area contributed by atoms with Crippen molar-refractivity contribution in [1.82, 2.24) is 0 Å². The van der Waals surface area contributed by atoms with Crippen LogP contribution in [0.3, 0.4) is 0 Å². The molecule has 0 aliphatic carbocycles. The molecule has 0 amide bonds. The Morgan fingerprint density at radius 3 is 2.58 bits per heavy atom. The fraction of sp³-hybridized carbons (Fsp3) is 0.864. The first kappa shape index (κ1) is 21.4. The molecular formula is C22H38O4. The van der Waals surface area contributed by atoms with Crippen LogP contribution >= 0.6 is 0 Å². The lowest BCUT2D eigenvalue weighted by Crippen LogP contribution is -2.30. The summed E-state index contributed by atoms with van der Waals surface area (Å²) in [5.74, 6) is 0.362. The highest BCUT2D eigenvalue weighted by molar-refractivity contribution is 5.67. The predicted octanol–water partition coefficient (Wildman–Crippen LogP) is 5.21. The average Bonchev–Trinajstić information content (AvgIpc) is 3.15. The highest BCUT2D eigenvalue weighted by Crippen LogP contribution is 2.45. The maximum absolute atomic E-state index is 10.9. The molecule has 150 valence electrons. The molecule has 0 aromatic carbocycles. The van der Waals surface area contributed by atoms with Gasteiger partial charge < -0.3 is 14.6 Å². The summed E-state index contributed by atoms with van der Waals surface area (Å²) in [4.78, 5) is 10.9. The Kier molecular flexibility index (Phi) is 8.62. The molecule has 0 aromatic heterocycles. The van der Waals surface area contributed by atoms with E-state index in [2.05, 4.69) is 19.1 Å². The summed E-state index contributed by atoms with van der Waals surface area (Å²) >= 11 is 0. The third kappa shape index (κ3) is 6.70. The van der Waals surface area contributed by atoms with Crippen LogP contribution in [-0.4, -0.2) is 36.5 Å². The van der Waals surface area contributed by atoms with Gasteiger partial charge in [-0.1, -0.05) is 52.2 Å². The zero-order chi connectivity index (χ0) is 19.0. The summed E-state index contributed by atoms with van der Waals surface area (Å²) in [7, 11) is 0. The number of carboxylic acid groups (broad SMARTS) is 1. The van der Waals surface area contributed by atoms with E-state index < -0.39 is 5.97 Å². The van der Waals surface area contributed by atoms with Crippen molar-refractivity contribution in [3.63, 3.8) is 0 Å². The van der Waals surface area contributed by atoms with E-state index >= 15 is 0 Å². The Morgan fingerprint density at radius 1 is 1.15 bits per heavy atom.